The molecule has 5 rings (SSSR count). The number of hydrogen-bond acceptors (Lipinski definition) is 5. The molecule has 0 amide bonds. The van der Waals surface area contributed by atoms with Gasteiger partial charge in [-0.1, -0.05) is 66.4 Å². The van der Waals surface area contributed by atoms with Crippen LogP contribution in [0.15, 0.2) is 84.0 Å². The Morgan fingerprint density at radius 2 is 1.69 bits per heavy atom. The van der Waals surface area contributed by atoms with Gasteiger partial charge in [0, 0.05) is 42.5 Å². The average Bonchev–Trinajstić information content (AvgIpc) is 3.33. The average molecular weight is 553 g/mol. The number of pyridine rings is 1. The van der Waals surface area contributed by atoms with Gasteiger partial charge >= 0.3 is 6.18 Å². The molecule has 5 nitrogen and oxygen atoms in total. The molecule has 0 unspecified atom stereocenters. The molecule has 0 atom stereocenters. The van der Waals surface area contributed by atoms with Gasteiger partial charge in [-0.15, -0.1) is 10.2 Å². The van der Waals surface area contributed by atoms with E-state index in [9.17, 15) is 17.6 Å². The summed E-state index contributed by atoms with van der Waals surface area (Å²) in [6.45, 7) is 1.08. The number of nitrogens with zero attached hydrogens (tertiary/aromatic N) is 4. The van der Waals surface area contributed by atoms with Crippen molar-refractivity contribution in [1.29, 1.82) is 0 Å². The van der Waals surface area contributed by atoms with Gasteiger partial charge < -0.3 is 9.30 Å². The molecule has 10 heteroatoms. The number of para-hydroxylation sites is 1. The van der Waals surface area contributed by atoms with Crippen LogP contribution in [0, 0.1) is 5.82 Å². The standard InChI is InChI=1S/C29H24F4N4OS/c1-38-15-7-14-37-27(35-36-28(37)39-18-19-12-13-23(24(30)16-19)29(31,32)33)22-17-26(20-8-3-2-4-9-20)34-25-11-6-5-10-21(22)25/h2-6,8-13,16-17H,7,14-15,18H2,1H3. The first-order chi connectivity index (χ1) is 18.8. The van der Waals surface area contributed by atoms with E-state index in [-0.39, 0.29) is 5.75 Å². The van der Waals surface area contributed by atoms with Crippen LogP contribution in [0.5, 0.6) is 0 Å². The van der Waals surface area contributed by atoms with Crippen LogP contribution in [0.1, 0.15) is 17.5 Å². The highest BCUT2D eigenvalue weighted by molar-refractivity contribution is 7.98. The predicted molar refractivity (Wildman–Crippen MR) is 144 cm³/mol. The van der Waals surface area contributed by atoms with Crippen molar-refractivity contribution < 1.29 is 22.3 Å². The molecule has 0 saturated heterocycles. The van der Waals surface area contributed by atoms with Gasteiger partial charge in [-0.05, 0) is 36.2 Å². The summed E-state index contributed by atoms with van der Waals surface area (Å²) < 4.78 is 60.2. The molecule has 0 spiro atoms. The Balaban J connectivity index is 1.53. The Morgan fingerprint density at radius 1 is 0.923 bits per heavy atom. The monoisotopic (exact) mass is 552 g/mol. The highest BCUT2D eigenvalue weighted by Gasteiger charge is 2.33. The lowest BCUT2D eigenvalue weighted by Gasteiger charge is -2.13. The van der Waals surface area contributed by atoms with Crippen molar-refractivity contribution in [3.05, 3.63) is 95.8 Å². The molecule has 3 aromatic carbocycles. The maximum Gasteiger partial charge on any atom is 0.419 e. The van der Waals surface area contributed by atoms with E-state index in [0.717, 1.165) is 39.9 Å². The third kappa shape index (κ3) is 5.97. The quantitative estimate of drug-likeness (QED) is 0.107. The first-order valence-electron chi connectivity index (χ1n) is 12.2. The number of aromatic nitrogens is 4. The Labute approximate surface area is 226 Å². The maximum atomic E-state index is 14.1. The van der Waals surface area contributed by atoms with Crippen molar-refractivity contribution in [3.63, 3.8) is 0 Å². The van der Waals surface area contributed by atoms with E-state index in [4.69, 9.17) is 9.72 Å². The normalized spacial score (nSPS) is 11.8. The number of methoxy groups -OCH3 is 1. The summed E-state index contributed by atoms with van der Waals surface area (Å²) in [5, 5.41) is 10.4. The first-order valence-corrected chi connectivity index (χ1v) is 13.2. The van der Waals surface area contributed by atoms with Crippen LogP contribution >= 0.6 is 11.8 Å². The molecule has 0 fully saturated rings. The van der Waals surface area contributed by atoms with Crippen LogP contribution in [0.4, 0.5) is 17.6 Å². The van der Waals surface area contributed by atoms with Crippen molar-refractivity contribution in [1.82, 2.24) is 19.7 Å². The van der Waals surface area contributed by atoms with Gasteiger partial charge in [-0.25, -0.2) is 9.37 Å². The molecule has 0 N–H and O–H groups in total. The zero-order chi connectivity index (χ0) is 27.4. The van der Waals surface area contributed by atoms with Crippen LogP contribution < -0.4 is 0 Å². The minimum atomic E-state index is -4.74. The van der Waals surface area contributed by atoms with Crippen molar-refractivity contribution in [2.45, 2.75) is 30.1 Å². The van der Waals surface area contributed by atoms with E-state index >= 15 is 0 Å². The van der Waals surface area contributed by atoms with Crippen molar-refractivity contribution in [3.8, 4) is 22.6 Å². The van der Waals surface area contributed by atoms with Crippen LogP contribution in [0.25, 0.3) is 33.5 Å². The van der Waals surface area contributed by atoms with E-state index < -0.39 is 17.6 Å². The Bertz CT molecular complexity index is 1590. The van der Waals surface area contributed by atoms with E-state index in [2.05, 4.69) is 10.2 Å². The second-order valence-electron chi connectivity index (χ2n) is 8.84. The lowest BCUT2D eigenvalue weighted by atomic mass is 10.0. The number of hydrogen-bond donors (Lipinski definition) is 0. The molecule has 0 saturated carbocycles. The molecule has 0 aliphatic rings. The minimum Gasteiger partial charge on any atom is -0.385 e. The van der Waals surface area contributed by atoms with Gasteiger partial charge in [-0.2, -0.15) is 13.2 Å². The van der Waals surface area contributed by atoms with E-state index in [1.807, 2.05) is 65.2 Å². The molecule has 39 heavy (non-hydrogen) atoms. The summed E-state index contributed by atoms with van der Waals surface area (Å²) in [5.41, 5.74) is 2.57. The molecule has 5 aromatic rings. The van der Waals surface area contributed by atoms with Gasteiger partial charge in [0.25, 0.3) is 0 Å². The fraction of sp³-hybridized carbons (Fsp3) is 0.207. The van der Waals surface area contributed by atoms with Crippen LogP contribution in [-0.4, -0.2) is 33.5 Å². The summed E-state index contributed by atoms with van der Waals surface area (Å²) >= 11 is 1.29. The topological polar surface area (TPSA) is 52.8 Å². The number of benzene rings is 3. The van der Waals surface area contributed by atoms with Gasteiger partial charge in [0.1, 0.15) is 5.82 Å². The summed E-state index contributed by atoms with van der Waals surface area (Å²) in [7, 11) is 1.63. The molecular formula is C29H24F4N4OS. The number of alkyl halides is 3. The van der Waals surface area contributed by atoms with E-state index in [0.29, 0.717) is 36.1 Å². The SMILES string of the molecule is COCCCn1c(SCc2ccc(C(F)(F)F)c(F)c2)nnc1-c1cc(-c2ccccc2)nc2ccccc12. The Morgan fingerprint density at radius 3 is 2.44 bits per heavy atom. The van der Waals surface area contributed by atoms with Crippen LogP contribution in [-0.2, 0) is 23.2 Å². The van der Waals surface area contributed by atoms with Gasteiger partial charge in [0.05, 0.1) is 16.8 Å². The molecular weight excluding hydrogens is 528 g/mol. The fourth-order valence-corrected chi connectivity index (χ4v) is 5.21. The molecule has 0 aliphatic carbocycles. The zero-order valence-electron chi connectivity index (χ0n) is 21.0. The molecule has 0 radical (unpaired) electrons. The Kier molecular flexibility index (Phi) is 7.94. The number of fused-ring (bicyclic) bond motifs is 1. The first kappa shape index (κ1) is 26.8. The smallest absolute Gasteiger partial charge is 0.385 e. The summed E-state index contributed by atoms with van der Waals surface area (Å²) in [5.74, 6) is -0.424. The molecule has 2 aromatic heterocycles. The molecule has 0 aliphatic heterocycles. The van der Waals surface area contributed by atoms with Crippen LogP contribution in [0.3, 0.4) is 0 Å². The van der Waals surface area contributed by atoms with Gasteiger partial charge in [0.15, 0.2) is 11.0 Å². The Hall–Kier alpha value is -3.76. The van der Waals surface area contributed by atoms with Gasteiger partial charge in [0.2, 0.25) is 0 Å². The number of halogens is 4. The lowest BCUT2D eigenvalue weighted by molar-refractivity contribution is -0.140. The number of thioether (sulfide) groups is 1. The third-order valence-corrected chi connectivity index (χ3v) is 7.22. The van der Waals surface area contributed by atoms with Gasteiger partial charge in [-0.3, -0.25) is 0 Å². The third-order valence-electron chi connectivity index (χ3n) is 6.18. The fourth-order valence-electron chi connectivity index (χ4n) is 4.31. The van der Waals surface area contributed by atoms with Crippen LogP contribution in [0.2, 0.25) is 0 Å². The second-order valence-corrected chi connectivity index (χ2v) is 9.79. The van der Waals surface area contributed by atoms with E-state index in [1.165, 1.54) is 17.8 Å². The van der Waals surface area contributed by atoms with Crippen molar-refractivity contribution >= 4 is 22.7 Å². The van der Waals surface area contributed by atoms with Crippen molar-refractivity contribution in [2.75, 3.05) is 13.7 Å². The number of rotatable bonds is 9. The molecule has 2 heterocycles. The predicted octanol–water partition coefficient (Wildman–Crippen LogP) is 7.65. The number of ether oxygens (including phenoxy) is 1. The maximum absolute atomic E-state index is 14.1. The summed E-state index contributed by atoms with van der Waals surface area (Å²) in [6, 6.07) is 22.6. The lowest BCUT2D eigenvalue weighted by Crippen LogP contribution is -2.08. The highest BCUT2D eigenvalue weighted by atomic mass is 32.2. The van der Waals surface area contributed by atoms with Crippen molar-refractivity contribution in [2.24, 2.45) is 0 Å². The highest BCUT2D eigenvalue weighted by Crippen LogP contribution is 2.35. The minimum absolute atomic E-state index is 0.226. The zero-order valence-corrected chi connectivity index (χ0v) is 21.8. The largest absolute Gasteiger partial charge is 0.419 e. The molecule has 0 bridgehead atoms. The second kappa shape index (κ2) is 11.5. The summed E-state index contributed by atoms with van der Waals surface area (Å²) in [4.78, 5) is 4.85. The molecule has 200 valence electrons. The summed E-state index contributed by atoms with van der Waals surface area (Å²) in [6.07, 6.45) is -4.04. The van der Waals surface area contributed by atoms with E-state index in [1.54, 1.807) is 7.11 Å².